The SMILES string of the molecule is O=C(NCc1ccc2c(c1)OCO2)C1CCN(c2ccccc2F)CC1. The van der Waals surface area contributed by atoms with E-state index in [1.165, 1.54) is 6.07 Å². The number of piperidine rings is 1. The van der Waals surface area contributed by atoms with Gasteiger partial charge in [0.1, 0.15) is 5.82 Å². The molecule has 0 unspecified atom stereocenters. The highest BCUT2D eigenvalue weighted by molar-refractivity contribution is 5.79. The lowest BCUT2D eigenvalue weighted by molar-refractivity contribution is -0.125. The van der Waals surface area contributed by atoms with Gasteiger partial charge in [-0.15, -0.1) is 0 Å². The fourth-order valence-corrected chi connectivity index (χ4v) is 3.48. The van der Waals surface area contributed by atoms with Crippen molar-refractivity contribution in [2.45, 2.75) is 19.4 Å². The van der Waals surface area contributed by atoms with Crippen LogP contribution in [0.15, 0.2) is 42.5 Å². The smallest absolute Gasteiger partial charge is 0.231 e. The minimum atomic E-state index is -0.210. The highest BCUT2D eigenvalue weighted by atomic mass is 19.1. The van der Waals surface area contributed by atoms with E-state index < -0.39 is 0 Å². The molecule has 6 heteroatoms. The molecule has 0 bridgehead atoms. The summed E-state index contributed by atoms with van der Waals surface area (Å²) in [6.45, 7) is 2.07. The Labute approximate surface area is 151 Å². The maximum absolute atomic E-state index is 13.9. The van der Waals surface area contributed by atoms with Crippen LogP contribution in [0.1, 0.15) is 18.4 Å². The molecular formula is C20H21FN2O3. The van der Waals surface area contributed by atoms with E-state index in [1.54, 1.807) is 12.1 Å². The predicted molar refractivity (Wildman–Crippen MR) is 95.7 cm³/mol. The van der Waals surface area contributed by atoms with Gasteiger partial charge in [0.2, 0.25) is 12.7 Å². The summed E-state index contributed by atoms with van der Waals surface area (Å²) in [5.74, 6) is 1.26. The van der Waals surface area contributed by atoms with E-state index in [4.69, 9.17) is 9.47 Å². The summed E-state index contributed by atoms with van der Waals surface area (Å²) in [6, 6.07) is 12.5. The van der Waals surface area contributed by atoms with Gasteiger partial charge in [0.05, 0.1) is 5.69 Å². The molecule has 0 saturated carbocycles. The van der Waals surface area contributed by atoms with E-state index in [2.05, 4.69) is 5.32 Å². The second kappa shape index (κ2) is 7.23. The Morgan fingerprint density at radius 2 is 1.88 bits per heavy atom. The van der Waals surface area contributed by atoms with Crippen LogP contribution in [0.5, 0.6) is 11.5 Å². The summed E-state index contributed by atoms with van der Waals surface area (Å²) < 4.78 is 24.5. The Morgan fingerprint density at radius 3 is 2.69 bits per heavy atom. The average Bonchev–Trinajstić information content (AvgIpc) is 3.14. The molecule has 1 N–H and O–H groups in total. The number of benzene rings is 2. The van der Waals surface area contributed by atoms with E-state index in [-0.39, 0.29) is 24.4 Å². The Morgan fingerprint density at radius 1 is 1.12 bits per heavy atom. The summed E-state index contributed by atoms with van der Waals surface area (Å²) in [4.78, 5) is 14.5. The second-order valence-electron chi connectivity index (χ2n) is 6.62. The number of amides is 1. The van der Waals surface area contributed by atoms with Crippen LogP contribution in [0, 0.1) is 11.7 Å². The van der Waals surface area contributed by atoms with E-state index in [9.17, 15) is 9.18 Å². The number of hydrogen-bond donors (Lipinski definition) is 1. The first-order valence-electron chi connectivity index (χ1n) is 8.86. The Kier molecular flexibility index (Phi) is 4.65. The average molecular weight is 356 g/mol. The van der Waals surface area contributed by atoms with Crippen molar-refractivity contribution in [2.75, 3.05) is 24.8 Å². The number of rotatable bonds is 4. The lowest BCUT2D eigenvalue weighted by atomic mass is 9.95. The van der Waals surface area contributed by atoms with Crippen molar-refractivity contribution in [1.29, 1.82) is 0 Å². The van der Waals surface area contributed by atoms with Gasteiger partial charge in [-0.1, -0.05) is 18.2 Å². The highest BCUT2D eigenvalue weighted by Crippen LogP contribution is 2.32. The van der Waals surface area contributed by atoms with Gasteiger partial charge >= 0.3 is 0 Å². The number of halogens is 1. The number of fused-ring (bicyclic) bond motifs is 1. The minimum Gasteiger partial charge on any atom is -0.454 e. The Bertz CT molecular complexity index is 803. The van der Waals surface area contributed by atoms with Gasteiger partial charge in [-0.25, -0.2) is 4.39 Å². The lowest BCUT2D eigenvalue weighted by Crippen LogP contribution is -2.40. The molecule has 2 heterocycles. The van der Waals surface area contributed by atoms with Crippen LogP contribution in [0.4, 0.5) is 10.1 Å². The van der Waals surface area contributed by atoms with Crippen LogP contribution in [-0.4, -0.2) is 25.8 Å². The first-order valence-corrected chi connectivity index (χ1v) is 8.86. The van der Waals surface area contributed by atoms with Crippen molar-refractivity contribution in [3.05, 3.63) is 53.8 Å². The fraction of sp³-hybridized carbons (Fsp3) is 0.350. The summed E-state index contributed by atoms with van der Waals surface area (Å²) in [5, 5.41) is 3.00. The number of nitrogens with one attached hydrogen (secondary N) is 1. The quantitative estimate of drug-likeness (QED) is 0.915. The van der Waals surface area contributed by atoms with Gasteiger partial charge in [0, 0.05) is 25.6 Å². The van der Waals surface area contributed by atoms with Gasteiger partial charge < -0.3 is 19.7 Å². The van der Waals surface area contributed by atoms with Crippen molar-refractivity contribution < 1.29 is 18.7 Å². The van der Waals surface area contributed by atoms with Crippen molar-refractivity contribution in [2.24, 2.45) is 5.92 Å². The zero-order valence-electron chi connectivity index (χ0n) is 14.4. The van der Waals surface area contributed by atoms with E-state index in [0.29, 0.717) is 25.3 Å². The van der Waals surface area contributed by atoms with Gasteiger partial charge in [-0.05, 0) is 42.7 Å². The van der Waals surface area contributed by atoms with E-state index in [1.807, 2.05) is 29.2 Å². The number of carbonyl (C=O) groups is 1. The third-order valence-electron chi connectivity index (χ3n) is 4.96. The molecule has 4 rings (SSSR count). The van der Waals surface area contributed by atoms with Gasteiger partial charge in [-0.3, -0.25) is 4.79 Å². The maximum atomic E-state index is 13.9. The molecule has 136 valence electrons. The summed E-state index contributed by atoms with van der Waals surface area (Å²) in [5.41, 5.74) is 1.60. The Hall–Kier alpha value is -2.76. The third kappa shape index (κ3) is 3.45. The molecule has 1 saturated heterocycles. The number of hydrogen-bond acceptors (Lipinski definition) is 4. The number of para-hydroxylation sites is 1. The maximum Gasteiger partial charge on any atom is 0.231 e. The van der Waals surface area contributed by atoms with Gasteiger partial charge in [0.25, 0.3) is 0 Å². The number of anilines is 1. The molecule has 2 aliphatic heterocycles. The van der Waals surface area contributed by atoms with Gasteiger partial charge in [0.15, 0.2) is 11.5 Å². The standard InChI is InChI=1S/C20H21FN2O3/c21-16-3-1-2-4-17(16)23-9-7-15(8-10-23)20(24)22-12-14-5-6-18-19(11-14)26-13-25-18/h1-6,11,15H,7-10,12-13H2,(H,22,24). The molecule has 5 nitrogen and oxygen atoms in total. The molecule has 2 aromatic rings. The molecule has 2 aliphatic rings. The molecule has 26 heavy (non-hydrogen) atoms. The van der Waals surface area contributed by atoms with E-state index in [0.717, 1.165) is 29.9 Å². The van der Waals surface area contributed by atoms with Crippen molar-refractivity contribution in [3.63, 3.8) is 0 Å². The summed E-state index contributed by atoms with van der Waals surface area (Å²) in [7, 11) is 0. The van der Waals surface area contributed by atoms with Crippen LogP contribution in [0.3, 0.4) is 0 Å². The molecular weight excluding hydrogens is 335 g/mol. The molecule has 0 aromatic heterocycles. The summed E-state index contributed by atoms with van der Waals surface area (Å²) in [6.07, 6.45) is 1.45. The molecule has 2 aromatic carbocycles. The van der Waals surface area contributed by atoms with Crippen LogP contribution < -0.4 is 19.7 Å². The van der Waals surface area contributed by atoms with Crippen LogP contribution in [0.2, 0.25) is 0 Å². The van der Waals surface area contributed by atoms with Crippen LogP contribution in [0.25, 0.3) is 0 Å². The lowest BCUT2D eigenvalue weighted by Gasteiger charge is -2.33. The molecule has 1 amide bonds. The predicted octanol–water partition coefficient (Wildman–Crippen LogP) is 3.09. The summed E-state index contributed by atoms with van der Waals surface area (Å²) >= 11 is 0. The van der Waals surface area contributed by atoms with Gasteiger partial charge in [-0.2, -0.15) is 0 Å². The molecule has 0 radical (unpaired) electrons. The fourth-order valence-electron chi connectivity index (χ4n) is 3.48. The van der Waals surface area contributed by atoms with Crippen molar-refractivity contribution in [1.82, 2.24) is 5.32 Å². The monoisotopic (exact) mass is 356 g/mol. The third-order valence-corrected chi connectivity index (χ3v) is 4.96. The molecule has 0 atom stereocenters. The number of ether oxygens (including phenoxy) is 2. The Balaban J connectivity index is 1.29. The zero-order chi connectivity index (χ0) is 17.9. The molecule has 1 fully saturated rings. The van der Waals surface area contributed by atoms with E-state index >= 15 is 0 Å². The largest absolute Gasteiger partial charge is 0.454 e. The highest BCUT2D eigenvalue weighted by Gasteiger charge is 2.26. The number of carbonyl (C=O) groups excluding carboxylic acids is 1. The van der Waals surface area contributed by atoms with Crippen LogP contribution in [-0.2, 0) is 11.3 Å². The van der Waals surface area contributed by atoms with Crippen LogP contribution >= 0.6 is 0 Å². The first kappa shape index (κ1) is 16.7. The zero-order valence-corrected chi connectivity index (χ0v) is 14.4. The van der Waals surface area contributed by atoms with Crippen molar-refractivity contribution in [3.8, 4) is 11.5 Å². The minimum absolute atomic E-state index is 0.0352. The second-order valence-corrected chi connectivity index (χ2v) is 6.62. The first-order chi connectivity index (χ1) is 12.7. The topological polar surface area (TPSA) is 50.8 Å². The number of nitrogens with zero attached hydrogens (tertiary/aromatic N) is 1. The molecule has 0 aliphatic carbocycles. The normalized spacial score (nSPS) is 16.6. The van der Waals surface area contributed by atoms with Crippen molar-refractivity contribution >= 4 is 11.6 Å². The molecule has 0 spiro atoms.